The summed E-state index contributed by atoms with van der Waals surface area (Å²) in [5.74, 6) is 0.165. The Hall–Kier alpha value is -1.46. The molecule has 2 N–H and O–H groups in total. The van der Waals surface area contributed by atoms with Crippen molar-refractivity contribution in [1.82, 2.24) is 9.80 Å². The minimum absolute atomic E-state index is 0.192. The van der Waals surface area contributed by atoms with Crippen molar-refractivity contribution in [3.05, 3.63) is 35.6 Å². The number of carbonyl (C=O) groups excluding carboxylic acids is 1. The number of hydrogen-bond acceptors (Lipinski definition) is 3. The number of rotatable bonds is 4. The van der Waals surface area contributed by atoms with Crippen LogP contribution in [0.15, 0.2) is 24.3 Å². The Morgan fingerprint density at radius 2 is 1.95 bits per heavy atom. The number of nitrogens with zero attached hydrogens (tertiary/aromatic N) is 2. The zero-order valence-electron chi connectivity index (χ0n) is 12.2. The van der Waals surface area contributed by atoms with Crippen LogP contribution in [0.4, 0.5) is 4.39 Å². The van der Waals surface area contributed by atoms with Gasteiger partial charge in [-0.15, -0.1) is 0 Å². The highest BCUT2D eigenvalue weighted by Gasteiger charge is 2.35. The SMILES string of the molecule is NC(=O)CN1C[C@@H]2CC[C@H]1CN(Cc1ccc(F)cc1)C2. The summed E-state index contributed by atoms with van der Waals surface area (Å²) in [6, 6.07) is 7.14. The van der Waals surface area contributed by atoms with Crippen LogP contribution in [0.25, 0.3) is 0 Å². The number of carbonyl (C=O) groups is 1. The summed E-state index contributed by atoms with van der Waals surface area (Å²) in [5.41, 5.74) is 6.49. The number of halogens is 1. The molecule has 1 aromatic rings. The van der Waals surface area contributed by atoms with Gasteiger partial charge in [0.05, 0.1) is 6.54 Å². The number of benzene rings is 1. The van der Waals surface area contributed by atoms with Crippen molar-refractivity contribution in [2.24, 2.45) is 11.7 Å². The minimum Gasteiger partial charge on any atom is -0.369 e. The van der Waals surface area contributed by atoms with E-state index in [9.17, 15) is 9.18 Å². The molecule has 4 nitrogen and oxygen atoms in total. The van der Waals surface area contributed by atoms with Crippen LogP contribution in [-0.2, 0) is 11.3 Å². The monoisotopic (exact) mass is 291 g/mol. The molecule has 2 atom stereocenters. The maximum Gasteiger partial charge on any atom is 0.231 e. The van der Waals surface area contributed by atoms with Gasteiger partial charge in [0, 0.05) is 32.2 Å². The van der Waals surface area contributed by atoms with Crippen LogP contribution in [0.5, 0.6) is 0 Å². The third kappa shape index (κ3) is 3.60. The van der Waals surface area contributed by atoms with Crippen LogP contribution in [0.3, 0.4) is 0 Å². The molecule has 21 heavy (non-hydrogen) atoms. The van der Waals surface area contributed by atoms with Crippen LogP contribution in [0.1, 0.15) is 18.4 Å². The molecule has 0 spiro atoms. The molecule has 2 bridgehead atoms. The molecular weight excluding hydrogens is 269 g/mol. The molecule has 0 saturated carbocycles. The number of hydrogen-bond donors (Lipinski definition) is 1. The van der Waals surface area contributed by atoms with Gasteiger partial charge in [-0.1, -0.05) is 12.1 Å². The van der Waals surface area contributed by atoms with Crippen molar-refractivity contribution < 1.29 is 9.18 Å². The summed E-state index contributed by atoms with van der Waals surface area (Å²) in [7, 11) is 0. The van der Waals surface area contributed by atoms with E-state index in [1.807, 2.05) is 12.1 Å². The van der Waals surface area contributed by atoms with E-state index in [0.29, 0.717) is 18.5 Å². The molecule has 4 rings (SSSR count). The summed E-state index contributed by atoms with van der Waals surface area (Å²) in [6.45, 7) is 4.18. The molecule has 1 amide bonds. The van der Waals surface area contributed by atoms with Gasteiger partial charge < -0.3 is 5.73 Å². The van der Waals surface area contributed by atoms with Crippen LogP contribution >= 0.6 is 0 Å². The first-order chi connectivity index (χ1) is 10.1. The predicted octanol–water partition coefficient (Wildman–Crippen LogP) is 1.21. The van der Waals surface area contributed by atoms with E-state index in [1.54, 1.807) is 0 Å². The highest BCUT2D eigenvalue weighted by molar-refractivity contribution is 5.76. The van der Waals surface area contributed by atoms with Crippen LogP contribution in [-0.4, -0.2) is 47.9 Å². The van der Waals surface area contributed by atoms with E-state index in [2.05, 4.69) is 9.80 Å². The molecule has 0 unspecified atom stereocenters. The lowest BCUT2D eigenvalue weighted by atomic mass is 9.95. The van der Waals surface area contributed by atoms with Crippen molar-refractivity contribution in [2.75, 3.05) is 26.2 Å². The van der Waals surface area contributed by atoms with Crippen LogP contribution in [0.2, 0.25) is 0 Å². The lowest BCUT2D eigenvalue weighted by molar-refractivity contribution is -0.120. The van der Waals surface area contributed by atoms with Gasteiger partial charge in [-0.2, -0.15) is 0 Å². The second kappa shape index (κ2) is 6.12. The van der Waals surface area contributed by atoms with Gasteiger partial charge in [0.15, 0.2) is 0 Å². The Kier molecular flexibility index (Phi) is 4.22. The van der Waals surface area contributed by atoms with Crippen molar-refractivity contribution >= 4 is 5.91 Å². The minimum atomic E-state index is -0.243. The summed E-state index contributed by atoms with van der Waals surface area (Å²) in [4.78, 5) is 15.9. The van der Waals surface area contributed by atoms with E-state index in [4.69, 9.17) is 5.73 Å². The normalized spacial score (nSPS) is 26.7. The van der Waals surface area contributed by atoms with Crippen molar-refractivity contribution in [2.45, 2.75) is 25.4 Å². The fourth-order valence-corrected chi connectivity index (χ4v) is 3.65. The maximum atomic E-state index is 13.0. The topological polar surface area (TPSA) is 49.6 Å². The molecule has 114 valence electrons. The lowest BCUT2D eigenvalue weighted by Gasteiger charge is -2.35. The summed E-state index contributed by atoms with van der Waals surface area (Å²) in [5, 5.41) is 0. The molecule has 3 aliphatic heterocycles. The van der Waals surface area contributed by atoms with Gasteiger partial charge in [0.2, 0.25) is 5.91 Å². The van der Waals surface area contributed by atoms with Crippen molar-refractivity contribution in [3.63, 3.8) is 0 Å². The lowest BCUT2D eigenvalue weighted by Crippen LogP contribution is -2.47. The average molecular weight is 291 g/mol. The summed E-state index contributed by atoms with van der Waals surface area (Å²) >= 11 is 0. The van der Waals surface area contributed by atoms with Gasteiger partial charge in [-0.25, -0.2) is 4.39 Å². The maximum absolute atomic E-state index is 13.0. The van der Waals surface area contributed by atoms with E-state index in [1.165, 1.54) is 18.6 Å². The molecule has 3 saturated heterocycles. The number of fused-ring (bicyclic) bond motifs is 4. The Bertz CT molecular complexity index is 505. The highest BCUT2D eigenvalue weighted by Crippen LogP contribution is 2.28. The first-order valence-corrected chi connectivity index (χ1v) is 7.59. The fraction of sp³-hybridized carbons (Fsp3) is 0.562. The third-order valence-corrected chi connectivity index (χ3v) is 4.58. The third-order valence-electron chi connectivity index (χ3n) is 4.58. The summed E-state index contributed by atoms with van der Waals surface area (Å²) in [6.07, 6.45) is 2.36. The predicted molar refractivity (Wildman–Crippen MR) is 79.0 cm³/mol. The molecule has 1 aromatic carbocycles. The standard InChI is InChI=1S/C16H22FN3O/c17-14-4-1-12(2-5-14)7-19-8-13-3-6-15(10-19)20(9-13)11-16(18)21/h1-2,4-5,13,15H,3,6-11H2,(H2,18,21)/t13-,15+/m1/s1. The molecule has 3 heterocycles. The van der Waals surface area contributed by atoms with Gasteiger partial charge in [-0.05, 0) is 36.5 Å². The Balaban J connectivity index is 1.66. The van der Waals surface area contributed by atoms with Gasteiger partial charge in [0.25, 0.3) is 0 Å². The average Bonchev–Trinajstić information content (AvgIpc) is 2.71. The molecule has 3 fully saturated rings. The molecule has 0 aromatic heterocycles. The molecule has 3 aliphatic rings. The van der Waals surface area contributed by atoms with Crippen molar-refractivity contribution in [1.29, 1.82) is 0 Å². The number of primary amides is 1. The van der Waals surface area contributed by atoms with Gasteiger partial charge in [0.1, 0.15) is 5.82 Å². The van der Waals surface area contributed by atoms with Gasteiger partial charge in [-0.3, -0.25) is 14.6 Å². The smallest absolute Gasteiger partial charge is 0.231 e. The Labute approximate surface area is 124 Å². The zero-order chi connectivity index (χ0) is 14.8. The number of piperidine rings is 1. The largest absolute Gasteiger partial charge is 0.369 e. The molecule has 0 aliphatic carbocycles. The molecule has 5 heteroatoms. The number of nitrogens with two attached hydrogens (primary N) is 1. The second-order valence-electron chi connectivity index (χ2n) is 6.31. The van der Waals surface area contributed by atoms with Crippen molar-refractivity contribution in [3.8, 4) is 0 Å². The van der Waals surface area contributed by atoms with Gasteiger partial charge >= 0.3 is 0 Å². The number of amides is 1. The highest BCUT2D eigenvalue weighted by atomic mass is 19.1. The van der Waals surface area contributed by atoms with Crippen LogP contribution in [0, 0.1) is 11.7 Å². The quantitative estimate of drug-likeness (QED) is 0.907. The molecular formula is C16H22FN3O. The van der Waals surface area contributed by atoms with E-state index < -0.39 is 0 Å². The van der Waals surface area contributed by atoms with E-state index >= 15 is 0 Å². The first-order valence-electron chi connectivity index (χ1n) is 7.59. The zero-order valence-corrected chi connectivity index (χ0v) is 12.2. The molecule has 0 radical (unpaired) electrons. The second-order valence-corrected chi connectivity index (χ2v) is 6.31. The van der Waals surface area contributed by atoms with E-state index in [0.717, 1.165) is 38.2 Å². The Morgan fingerprint density at radius 1 is 1.19 bits per heavy atom. The van der Waals surface area contributed by atoms with Crippen LogP contribution < -0.4 is 5.73 Å². The fourth-order valence-electron chi connectivity index (χ4n) is 3.65. The summed E-state index contributed by atoms with van der Waals surface area (Å²) < 4.78 is 13.0. The van der Waals surface area contributed by atoms with E-state index in [-0.39, 0.29) is 11.7 Å². The first kappa shape index (κ1) is 14.5. The Morgan fingerprint density at radius 3 is 2.67 bits per heavy atom.